The summed E-state index contributed by atoms with van der Waals surface area (Å²) >= 11 is 0. The second-order valence-corrected chi connectivity index (χ2v) is 7.98. The molecule has 0 aromatic rings. The van der Waals surface area contributed by atoms with Crippen molar-refractivity contribution in [3.8, 4) is 0 Å². The molecule has 0 aromatic carbocycles. The summed E-state index contributed by atoms with van der Waals surface area (Å²) in [5.74, 6) is 1.80. The Morgan fingerprint density at radius 2 is 1.62 bits per heavy atom. The van der Waals surface area contributed by atoms with E-state index in [0.717, 1.165) is 11.8 Å². The van der Waals surface area contributed by atoms with Gasteiger partial charge in [0.15, 0.2) is 0 Å². The van der Waals surface area contributed by atoms with Crippen molar-refractivity contribution >= 4 is 0 Å². The van der Waals surface area contributed by atoms with Crippen molar-refractivity contribution in [2.75, 3.05) is 0 Å². The van der Waals surface area contributed by atoms with Crippen molar-refractivity contribution in [3.63, 3.8) is 0 Å². The molecule has 0 aliphatic rings. The van der Waals surface area contributed by atoms with E-state index < -0.39 is 0 Å². The summed E-state index contributed by atoms with van der Waals surface area (Å²) in [6, 6.07) is 0.374. The van der Waals surface area contributed by atoms with Crippen LogP contribution in [0.1, 0.15) is 106 Å². The lowest BCUT2D eigenvalue weighted by Gasteiger charge is -2.30. The van der Waals surface area contributed by atoms with Crippen LogP contribution in [-0.2, 0) is 0 Å². The normalized spacial score (nSPS) is 19.0. The van der Waals surface area contributed by atoms with E-state index in [1.165, 1.54) is 64.2 Å². The molecule has 0 aliphatic carbocycles. The molecule has 0 amide bonds. The molecule has 2 N–H and O–H groups in total. The van der Waals surface area contributed by atoms with Crippen LogP contribution in [0, 0.1) is 17.3 Å². The van der Waals surface area contributed by atoms with Crippen molar-refractivity contribution < 1.29 is 0 Å². The standard InChI is InChI=1S/C20H43N/c1-7-14-20(6,9-3)15-13-19(8-2)16-17(4)11-10-12-18(5)21/h17-19H,7-16,21H2,1-6H3. The third-order valence-electron chi connectivity index (χ3n) is 5.53. The first kappa shape index (κ1) is 21.0. The Morgan fingerprint density at radius 3 is 2.10 bits per heavy atom. The van der Waals surface area contributed by atoms with Crippen molar-refractivity contribution in [3.05, 3.63) is 0 Å². The Morgan fingerprint density at radius 1 is 0.952 bits per heavy atom. The highest BCUT2D eigenvalue weighted by Crippen LogP contribution is 2.36. The molecular formula is C20H43N. The Bertz CT molecular complexity index is 236. The fraction of sp³-hybridized carbons (Fsp3) is 1.00. The Kier molecular flexibility index (Phi) is 11.5. The topological polar surface area (TPSA) is 26.0 Å². The van der Waals surface area contributed by atoms with Gasteiger partial charge in [-0.05, 0) is 56.3 Å². The molecule has 0 aliphatic heterocycles. The molecule has 4 unspecified atom stereocenters. The lowest BCUT2D eigenvalue weighted by Crippen LogP contribution is -2.18. The highest BCUT2D eigenvalue weighted by molar-refractivity contribution is 4.75. The lowest BCUT2D eigenvalue weighted by atomic mass is 9.75. The first-order chi connectivity index (χ1) is 9.86. The van der Waals surface area contributed by atoms with Crippen molar-refractivity contribution in [1.82, 2.24) is 0 Å². The third kappa shape index (κ3) is 10.3. The monoisotopic (exact) mass is 297 g/mol. The van der Waals surface area contributed by atoms with E-state index in [9.17, 15) is 0 Å². The second-order valence-electron chi connectivity index (χ2n) is 7.98. The summed E-state index contributed by atoms with van der Waals surface area (Å²) in [4.78, 5) is 0. The van der Waals surface area contributed by atoms with Crippen molar-refractivity contribution in [2.45, 2.75) is 112 Å². The Labute approximate surface area is 135 Å². The molecule has 128 valence electrons. The third-order valence-corrected chi connectivity index (χ3v) is 5.53. The zero-order chi connectivity index (χ0) is 16.3. The highest BCUT2D eigenvalue weighted by atomic mass is 14.6. The minimum Gasteiger partial charge on any atom is -0.328 e. The molecule has 0 bridgehead atoms. The van der Waals surface area contributed by atoms with Crippen LogP contribution in [0.5, 0.6) is 0 Å². The van der Waals surface area contributed by atoms with Crippen LogP contribution < -0.4 is 5.73 Å². The molecule has 0 saturated carbocycles. The average Bonchev–Trinajstić information content (AvgIpc) is 2.43. The maximum Gasteiger partial charge on any atom is 0.00104 e. The molecule has 4 atom stereocenters. The average molecular weight is 298 g/mol. The Balaban J connectivity index is 4.09. The van der Waals surface area contributed by atoms with Crippen LogP contribution in [0.4, 0.5) is 0 Å². The molecule has 1 heteroatoms. The zero-order valence-corrected chi connectivity index (χ0v) is 15.9. The minimum absolute atomic E-state index is 0.374. The van der Waals surface area contributed by atoms with Gasteiger partial charge in [0.2, 0.25) is 0 Å². The number of nitrogens with two attached hydrogens (primary N) is 1. The van der Waals surface area contributed by atoms with Crippen LogP contribution in [-0.4, -0.2) is 6.04 Å². The van der Waals surface area contributed by atoms with Gasteiger partial charge in [0, 0.05) is 6.04 Å². The number of hydrogen-bond acceptors (Lipinski definition) is 1. The minimum atomic E-state index is 0.374. The van der Waals surface area contributed by atoms with E-state index in [2.05, 4.69) is 41.5 Å². The van der Waals surface area contributed by atoms with Gasteiger partial charge in [0.05, 0.1) is 0 Å². The van der Waals surface area contributed by atoms with Gasteiger partial charge in [-0.1, -0.05) is 66.7 Å². The molecule has 1 nitrogen and oxygen atoms in total. The van der Waals surface area contributed by atoms with Crippen molar-refractivity contribution in [1.29, 1.82) is 0 Å². The lowest BCUT2D eigenvalue weighted by molar-refractivity contribution is 0.217. The van der Waals surface area contributed by atoms with Crippen LogP contribution in [0.3, 0.4) is 0 Å². The zero-order valence-electron chi connectivity index (χ0n) is 15.9. The molecule has 0 fully saturated rings. The SMILES string of the molecule is CCCC(C)(CC)CCC(CC)CC(C)CCCC(C)N. The fourth-order valence-electron chi connectivity index (χ4n) is 3.60. The predicted octanol–water partition coefficient (Wildman–Crippen LogP) is 6.55. The first-order valence-corrected chi connectivity index (χ1v) is 9.62. The Hall–Kier alpha value is -0.0400. The second kappa shape index (κ2) is 11.5. The molecule has 0 heterocycles. The highest BCUT2D eigenvalue weighted by Gasteiger charge is 2.22. The van der Waals surface area contributed by atoms with E-state index >= 15 is 0 Å². The van der Waals surface area contributed by atoms with E-state index in [1.54, 1.807) is 0 Å². The van der Waals surface area contributed by atoms with Crippen LogP contribution in [0.15, 0.2) is 0 Å². The van der Waals surface area contributed by atoms with Gasteiger partial charge in [0.25, 0.3) is 0 Å². The summed E-state index contributed by atoms with van der Waals surface area (Å²) in [6.07, 6.45) is 13.5. The molecule has 0 rings (SSSR count). The van der Waals surface area contributed by atoms with Gasteiger partial charge < -0.3 is 5.73 Å². The molecule has 0 saturated heterocycles. The van der Waals surface area contributed by atoms with Gasteiger partial charge in [-0.15, -0.1) is 0 Å². The van der Waals surface area contributed by atoms with Gasteiger partial charge in [0.1, 0.15) is 0 Å². The van der Waals surface area contributed by atoms with Gasteiger partial charge >= 0.3 is 0 Å². The maximum absolute atomic E-state index is 5.85. The van der Waals surface area contributed by atoms with Crippen molar-refractivity contribution in [2.24, 2.45) is 23.0 Å². The summed E-state index contributed by atoms with van der Waals surface area (Å²) < 4.78 is 0. The van der Waals surface area contributed by atoms with Crippen LogP contribution in [0.25, 0.3) is 0 Å². The van der Waals surface area contributed by atoms with Crippen LogP contribution >= 0.6 is 0 Å². The summed E-state index contributed by atoms with van der Waals surface area (Å²) in [5, 5.41) is 0. The predicted molar refractivity (Wildman–Crippen MR) is 97.6 cm³/mol. The van der Waals surface area contributed by atoms with E-state index in [1.807, 2.05) is 0 Å². The summed E-state index contributed by atoms with van der Waals surface area (Å²) in [6.45, 7) is 14.1. The quantitative estimate of drug-likeness (QED) is 0.409. The molecule has 0 aromatic heterocycles. The van der Waals surface area contributed by atoms with E-state index in [-0.39, 0.29) is 0 Å². The molecule has 0 spiro atoms. The van der Waals surface area contributed by atoms with E-state index in [0.29, 0.717) is 11.5 Å². The molecule has 21 heavy (non-hydrogen) atoms. The van der Waals surface area contributed by atoms with Crippen LogP contribution in [0.2, 0.25) is 0 Å². The number of hydrogen-bond donors (Lipinski definition) is 1. The number of rotatable bonds is 13. The smallest absolute Gasteiger partial charge is 0.00104 e. The first-order valence-electron chi connectivity index (χ1n) is 9.62. The summed E-state index contributed by atoms with van der Waals surface area (Å²) in [7, 11) is 0. The largest absolute Gasteiger partial charge is 0.328 e. The van der Waals surface area contributed by atoms with E-state index in [4.69, 9.17) is 5.73 Å². The summed E-state index contributed by atoms with van der Waals surface area (Å²) in [5.41, 5.74) is 6.43. The molecular weight excluding hydrogens is 254 g/mol. The maximum atomic E-state index is 5.85. The molecule has 0 radical (unpaired) electrons. The van der Waals surface area contributed by atoms with Gasteiger partial charge in [-0.25, -0.2) is 0 Å². The van der Waals surface area contributed by atoms with Gasteiger partial charge in [-0.2, -0.15) is 0 Å². The van der Waals surface area contributed by atoms with Gasteiger partial charge in [-0.3, -0.25) is 0 Å². The fourth-order valence-corrected chi connectivity index (χ4v) is 3.60.